The molecule has 0 fully saturated rings. The van der Waals surface area contributed by atoms with Crippen LogP contribution in [0.1, 0.15) is 13.8 Å². The Kier molecular flexibility index (Phi) is 5.16. The number of hydrogen-bond donors (Lipinski definition) is 3. The molecule has 96 valence electrons. The van der Waals surface area contributed by atoms with Crippen molar-refractivity contribution in [2.75, 3.05) is 17.7 Å². The Hall–Kier alpha value is -1.35. The van der Waals surface area contributed by atoms with E-state index in [9.17, 15) is 9.59 Å². The summed E-state index contributed by atoms with van der Waals surface area (Å²) in [7, 11) is -1.36. The van der Waals surface area contributed by atoms with Gasteiger partial charge in [0.2, 0.25) is 5.13 Å². The zero-order chi connectivity index (χ0) is 12.8. The zero-order valence-corrected chi connectivity index (χ0v) is 11.0. The summed E-state index contributed by atoms with van der Waals surface area (Å²) in [5.74, 6) is 0.485. The third-order valence-corrected chi connectivity index (χ3v) is 4.90. The van der Waals surface area contributed by atoms with Gasteiger partial charge in [-0.1, -0.05) is 18.3 Å². The van der Waals surface area contributed by atoms with Crippen LogP contribution in [0.2, 0.25) is 0 Å². The lowest BCUT2D eigenvalue weighted by Crippen LogP contribution is -2.12. The molecule has 0 aliphatic rings. The van der Waals surface area contributed by atoms with Crippen LogP contribution in [0.4, 0.5) is 14.7 Å². The number of hydrogen-bond acceptors (Lipinski definition) is 6. The Balaban J connectivity index is 2.70. The fourth-order valence-electron chi connectivity index (χ4n) is 0.982. The predicted octanol–water partition coefficient (Wildman–Crippen LogP) is 2.16. The van der Waals surface area contributed by atoms with Gasteiger partial charge < -0.3 is 9.84 Å². The molecule has 0 radical (unpaired) electrons. The topological polar surface area (TPSA) is 101 Å². The second kappa shape index (κ2) is 6.40. The van der Waals surface area contributed by atoms with E-state index in [1.807, 2.05) is 0 Å². The van der Waals surface area contributed by atoms with Crippen molar-refractivity contribution < 1.29 is 19.4 Å². The number of nitrogens with one attached hydrogen (secondary N) is 1. The van der Waals surface area contributed by atoms with Crippen molar-refractivity contribution in [3.63, 3.8) is 0 Å². The molecule has 0 saturated heterocycles. The largest absolute Gasteiger partial charge is 0.474 e. The quantitative estimate of drug-likeness (QED) is 0.576. The van der Waals surface area contributed by atoms with Gasteiger partial charge >= 0.3 is 11.4 Å². The smallest absolute Gasteiger partial charge is 0.413 e. The molecule has 2 N–H and O–H groups in total. The van der Waals surface area contributed by atoms with E-state index in [0.717, 1.165) is 11.3 Å². The molecule has 0 aliphatic carbocycles. The molecular formula is C8H13N3O4S2. The van der Waals surface area contributed by atoms with E-state index < -0.39 is 22.3 Å². The Morgan fingerprint density at radius 1 is 1.47 bits per heavy atom. The summed E-state index contributed by atoms with van der Waals surface area (Å²) in [5.41, 5.74) is 0. The number of thiol groups is 1. The lowest BCUT2D eigenvalue weighted by Gasteiger charge is -2.08. The van der Waals surface area contributed by atoms with Crippen molar-refractivity contribution in [1.29, 1.82) is 0 Å². The van der Waals surface area contributed by atoms with Crippen LogP contribution in [0.15, 0.2) is 4.34 Å². The number of anilines is 1. The summed E-state index contributed by atoms with van der Waals surface area (Å²) < 4.78 is 5.10. The monoisotopic (exact) mass is 279 g/mol. The minimum Gasteiger partial charge on any atom is -0.474 e. The van der Waals surface area contributed by atoms with Gasteiger partial charge in [0.05, 0.1) is 6.61 Å². The average molecular weight is 279 g/mol. The second-order valence-corrected chi connectivity index (χ2v) is 6.34. The molecule has 0 saturated carbocycles. The minimum atomic E-state index is -1.36. The van der Waals surface area contributed by atoms with Crippen molar-refractivity contribution >= 4 is 38.8 Å². The molecule has 0 aromatic carbocycles. The highest BCUT2D eigenvalue weighted by atomic mass is 32.2. The van der Waals surface area contributed by atoms with Crippen LogP contribution in [0, 0.1) is 0 Å². The van der Waals surface area contributed by atoms with Crippen molar-refractivity contribution in [3.8, 4) is 0 Å². The van der Waals surface area contributed by atoms with Gasteiger partial charge in [0.15, 0.2) is 4.34 Å². The Morgan fingerprint density at radius 2 is 2.18 bits per heavy atom. The molecule has 7 nitrogen and oxygen atoms in total. The summed E-state index contributed by atoms with van der Waals surface area (Å²) in [6.07, 6.45) is -0.619. The molecule has 17 heavy (non-hydrogen) atoms. The van der Waals surface area contributed by atoms with Crippen LogP contribution in [0.25, 0.3) is 0 Å². The molecule has 1 aromatic heterocycles. The van der Waals surface area contributed by atoms with Gasteiger partial charge in [0.1, 0.15) is 0 Å². The minimum absolute atomic E-state index is 0.251. The number of nitrogens with zero attached hydrogens (tertiary/aromatic N) is 2. The molecule has 1 unspecified atom stereocenters. The van der Waals surface area contributed by atoms with Gasteiger partial charge in [-0.15, -0.1) is 21.1 Å². The van der Waals surface area contributed by atoms with E-state index in [4.69, 9.17) is 5.11 Å². The first kappa shape index (κ1) is 13.7. The van der Waals surface area contributed by atoms with E-state index in [2.05, 4.69) is 20.3 Å². The molecule has 9 heteroatoms. The molecule has 1 rings (SSSR count). The summed E-state index contributed by atoms with van der Waals surface area (Å²) in [5, 5.41) is 18.2. The molecule has 1 amide bonds. The summed E-state index contributed by atoms with van der Waals surface area (Å²) in [6, 6.07) is 0. The van der Waals surface area contributed by atoms with E-state index >= 15 is 0 Å². The maximum absolute atomic E-state index is 11.1. The van der Waals surface area contributed by atoms with Crippen LogP contribution >= 0.6 is 22.2 Å². The van der Waals surface area contributed by atoms with Crippen molar-refractivity contribution in [2.45, 2.75) is 18.2 Å². The number of carbonyl (C=O) groups is 2. The molecule has 0 bridgehead atoms. The molecular weight excluding hydrogens is 266 g/mol. The lowest BCUT2D eigenvalue weighted by atomic mass is 10.9. The molecule has 1 atom stereocenters. The summed E-state index contributed by atoms with van der Waals surface area (Å²) >= 11 is 1.06. The number of aromatic nitrogens is 2. The molecule has 0 aliphatic heterocycles. The highest BCUT2D eigenvalue weighted by Crippen LogP contribution is 2.39. The number of rotatable bonds is 4. The second-order valence-electron chi connectivity index (χ2n) is 2.76. The van der Waals surface area contributed by atoms with Crippen molar-refractivity contribution in [2.24, 2.45) is 0 Å². The van der Waals surface area contributed by atoms with E-state index in [-0.39, 0.29) is 11.7 Å². The maximum Gasteiger partial charge on any atom is 0.413 e. The van der Waals surface area contributed by atoms with Gasteiger partial charge in [-0.2, -0.15) is 0 Å². The van der Waals surface area contributed by atoms with Crippen LogP contribution in [0.5, 0.6) is 0 Å². The number of amides is 1. The first-order chi connectivity index (χ1) is 8.08. The van der Waals surface area contributed by atoms with Crippen LogP contribution in [-0.4, -0.2) is 39.1 Å². The average Bonchev–Trinajstić information content (AvgIpc) is 2.67. The van der Waals surface area contributed by atoms with E-state index in [0.29, 0.717) is 10.1 Å². The standard InChI is InChI=1S/C8H13N3O4S2/c1-3-15-6(12)9-5-10-11-7(16-5)17(4-2)8(13)14/h17H,3-4H2,1-2H3,(H,13,14)(H,9,10,12). The zero-order valence-electron chi connectivity index (χ0n) is 9.34. The number of carboxylic acid groups (broad SMARTS) is 1. The van der Waals surface area contributed by atoms with Crippen LogP contribution in [-0.2, 0) is 4.74 Å². The lowest BCUT2D eigenvalue weighted by molar-refractivity contribution is 0.168. The third-order valence-electron chi connectivity index (χ3n) is 1.68. The SMILES string of the molecule is CCOC(=O)Nc1nnc([SH](CC)C(=O)O)s1. The number of ether oxygens (including phenoxy) is 1. The number of carbonyl (C=O) groups excluding carboxylic acids is 1. The van der Waals surface area contributed by atoms with E-state index in [1.165, 1.54) is 0 Å². The van der Waals surface area contributed by atoms with Gasteiger partial charge in [-0.25, -0.2) is 9.59 Å². The third kappa shape index (κ3) is 3.86. The van der Waals surface area contributed by atoms with Gasteiger partial charge in [-0.05, 0) is 12.7 Å². The van der Waals surface area contributed by atoms with Gasteiger partial charge in [-0.3, -0.25) is 5.32 Å². The predicted molar refractivity (Wildman–Crippen MR) is 66.4 cm³/mol. The highest BCUT2D eigenvalue weighted by molar-refractivity contribution is 8.30. The van der Waals surface area contributed by atoms with Crippen molar-refractivity contribution in [3.05, 3.63) is 0 Å². The maximum atomic E-state index is 11.1. The van der Waals surface area contributed by atoms with Crippen LogP contribution in [0.3, 0.4) is 0 Å². The Bertz CT molecular complexity index is 409. The van der Waals surface area contributed by atoms with Gasteiger partial charge in [0, 0.05) is 0 Å². The Morgan fingerprint density at radius 3 is 2.71 bits per heavy atom. The highest BCUT2D eigenvalue weighted by Gasteiger charge is 2.18. The van der Waals surface area contributed by atoms with Crippen molar-refractivity contribution in [1.82, 2.24) is 10.2 Å². The molecule has 1 heterocycles. The Labute approximate surface area is 105 Å². The fourth-order valence-corrected chi connectivity index (χ4v) is 3.63. The normalized spacial score (nSPS) is 12.9. The summed E-state index contributed by atoms with van der Waals surface area (Å²) in [4.78, 5) is 22.0. The van der Waals surface area contributed by atoms with E-state index in [1.54, 1.807) is 13.8 Å². The molecule has 1 aromatic rings. The molecule has 0 spiro atoms. The fraction of sp³-hybridized carbons (Fsp3) is 0.500. The summed E-state index contributed by atoms with van der Waals surface area (Å²) in [6.45, 7) is 3.72. The van der Waals surface area contributed by atoms with Crippen LogP contribution < -0.4 is 5.32 Å². The first-order valence-corrected chi connectivity index (χ1v) is 7.20. The van der Waals surface area contributed by atoms with Gasteiger partial charge in [0.25, 0.3) is 0 Å². The first-order valence-electron chi connectivity index (χ1n) is 4.86.